The summed E-state index contributed by atoms with van der Waals surface area (Å²) >= 11 is 0. The fourth-order valence-corrected chi connectivity index (χ4v) is 2.13. The van der Waals surface area contributed by atoms with Gasteiger partial charge in [-0.05, 0) is 6.07 Å². The normalized spacial score (nSPS) is 27.1. The maximum absolute atomic E-state index is 11.6. The molecule has 0 spiro atoms. The second kappa shape index (κ2) is 9.39. The number of nitrogens with zero attached hydrogens (tertiary/aromatic N) is 2. The summed E-state index contributed by atoms with van der Waals surface area (Å²) in [7, 11) is -4.46. The Morgan fingerprint density at radius 3 is 2.48 bits per heavy atom. The summed E-state index contributed by atoms with van der Waals surface area (Å²) in [4.78, 5) is 32.5. The fraction of sp³-hybridized carbons (Fsp3) is 0.556. The number of ether oxygens (including phenoxy) is 2. The van der Waals surface area contributed by atoms with E-state index in [1.54, 1.807) is 0 Å². The van der Waals surface area contributed by atoms with Crippen LogP contribution in [0.15, 0.2) is 17.1 Å². The van der Waals surface area contributed by atoms with Gasteiger partial charge in [-0.1, -0.05) is 0 Å². The second-order valence-corrected chi connectivity index (χ2v) is 5.97. The van der Waals surface area contributed by atoms with Gasteiger partial charge in [-0.2, -0.15) is 4.98 Å². The first-order chi connectivity index (χ1) is 9.69. The Morgan fingerprint density at radius 1 is 1.35 bits per heavy atom. The van der Waals surface area contributed by atoms with Gasteiger partial charge in [0.2, 0.25) is 0 Å². The molecule has 11 nitrogen and oxygen atoms in total. The van der Waals surface area contributed by atoms with Crippen LogP contribution in [0.3, 0.4) is 0 Å². The molecule has 6 N–H and O–H groups in total. The number of nitrogens with two attached hydrogens (primary N) is 1. The van der Waals surface area contributed by atoms with Gasteiger partial charge in [0.15, 0.2) is 18.9 Å². The Hall–Kier alpha value is 0.670. The molecule has 1 aliphatic rings. The number of hydrogen-bond donors (Lipinski definition) is 5. The topological polar surface area (TPSA) is 177 Å². The third-order valence-electron chi connectivity index (χ3n) is 2.73. The molecule has 0 aliphatic carbocycles. The van der Waals surface area contributed by atoms with Crippen LogP contribution >= 0.6 is 7.60 Å². The van der Waals surface area contributed by atoms with E-state index in [0.717, 1.165) is 4.57 Å². The Kier molecular flexibility index (Phi) is 9.66. The minimum atomic E-state index is -4.46. The zero-order chi connectivity index (χ0) is 15.8. The molecule has 0 bridgehead atoms. The predicted molar refractivity (Wildman–Crippen MR) is 81.1 cm³/mol. The summed E-state index contributed by atoms with van der Waals surface area (Å²) < 4.78 is 21.4. The molecule has 4 atom stereocenters. The van der Waals surface area contributed by atoms with Crippen molar-refractivity contribution in [2.75, 3.05) is 12.1 Å². The molecule has 1 fully saturated rings. The van der Waals surface area contributed by atoms with Crippen molar-refractivity contribution < 1.29 is 34.0 Å². The summed E-state index contributed by atoms with van der Waals surface area (Å²) in [5, 5.41) is 19.6. The first kappa shape index (κ1) is 23.7. The standard InChI is InChI=1S/C9H14N3O8P.2Na.2H/c10-4-1-2-12(9(15)11-4)7-5(13)6(14)8(20-7)19-3-21(16,17)18;;;;/h1-2,5-8,13-14H,3H2,(H2,10,11,15)(H2,16,17,18);;;;/t5-,6+,7-,8+;;;;/m1..../s1. The molecule has 1 saturated heterocycles. The van der Waals surface area contributed by atoms with Gasteiger partial charge in [-0.25, -0.2) is 4.79 Å². The number of rotatable bonds is 4. The van der Waals surface area contributed by atoms with Crippen molar-refractivity contribution in [3.05, 3.63) is 22.7 Å². The van der Waals surface area contributed by atoms with Crippen molar-refractivity contribution >= 4 is 72.5 Å². The molecule has 14 heteroatoms. The molecule has 0 saturated carbocycles. The SMILES string of the molecule is Nc1ccn([C@@H]2O[C@H](OCP(=O)(O)O)[C@@H](O)[C@H]2O)c(=O)n1.[NaH].[NaH]. The minimum absolute atomic E-state index is 0. The quantitative estimate of drug-likeness (QED) is 0.261. The molecule has 0 aromatic carbocycles. The predicted octanol–water partition coefficient (Wildman–Crippen LogP) is -3.74. The van der Waals surface area contributed by atoms with E-state index in [4.69, 9.17) is 25.0 Å². The van der Waals surface area contributed by atoms with Crippen molar-refractivity contribution in [2.45, 2.75) is 24.7 Å². The zero-order valence-corrected chi connectivity index (χ0v) is 11.4. The monoisotopic (exact) mass is 371 g/mol. The van der Waals surface area contributed by atoms with E-state index in [1.165, 1.54) is 12.3 Å². The molecule has 2 heterocycles. The van der Waals surface area contributed by atoms with E-state index in [-0.39, 0.29) is 64.9 Å². The number of aliphatic hydroxyl groups is 2. The summed E-state index contributed by atoms with van der Waals surface area (Å²) in [6.07, 6.45) is -5.75. The Labute approximate surface area is 174 Å². The van der Waals surface area contributed by atoms with E-state index in [2.05, 4.69) is 4.98 Å². The van der Waals surface area contributed by atoms with Crippen molar-refractivity contribution in [2.24, 2.45) is 0 Å². The number of nitrogen functional groups attached to an aromatic ring is 1. The summed E-state index contributed by atoms with van der Waals surface area (Å²) in [5.41, 5.74) is 4.50. The van der Waals surface area contributed by atoms with E-state index >= 15 is 0 Å². The van der Waals surface area contributed by atoms with Crippen LogP contribution in [0.1, 0.15) is 6.23 Å². The Bertz CT molecular complexity index is 625. The van der Waals surface area contributed by atoms with Gasteiger partial charge in [-0.15, -0.1) is 0 Å². The van der Waals surface area contributed by atoms with Gasteiger partial charge in [0.25, 0.3) is 0 Å². The fourth-order valence-electron chi connectivity index (χ4n) is 1.79. The van der Waals surface area contributed by atoms with E-state index in [1.807, 2.05) is 0 Å². The van der Waals surface area contributed by atoms with Crippen molar-refractivity contribution in [3.63, 3.8) is 0 Å². The Morgan fingerprint density at radius 2 is 1.96 bits per heavy atom. The molecule has 1 aliphatic heterocycles. The van der Waals surface area contributed by atoms with Gasteiger partial charge < -0.3 is 35.2 Å². The van der Waals surface area contributed by atoms with E-state index < -0.39 is 44.4 Å². The van der Waals surface area contributed by atoms with Crippen LogP contribution in [-0.2, 0) is 14.0 Å². The average molecular weight is 371 g/mol. The molecule has 2 rings (SSSR count). The molecular formula is C9H16N3Na2O8P. The molecule has 122 valence electrons. The summed E-state index contributed by atoms with van der Waals surface area (Å²) in [6.45, 7) is 0. The van der Waals surface area contributed by atoms with Crippen LogP contribution < -0.4 is 11.4 Å². The van der Waals surface area contributed by atoms with E-state index in [9.17, 15) is 19.6 Å². The van der Waals surface area contributed by atoms with Crippen LogP contribution in [0.5, 0.6) is 0 Å². The molecular weight excluding hydrogens is 355 g/mol. The van der Waals surface area contributed by atoms with Crippen LogP contribution in [0.4, 0.5) is 5.82 Å². The maximum atomic E-state index is 11.6. The van der Waals surface area contributed by atoms with Gasteiger partial charge in [0, 0.05) is 6.20 Å². The molecule has 0 radical (unpaired) electrons. The van der Waals surface area contributed by atoms with E-state index in [0.29, 0.717) is 0 Å². The van der Waals surface area contributed by atoms with Crippen molar-refractivity contribution in [1.29, 1.82) is 0 Å². The van der Waals surface area contributed by atoms with Crippen molar-refractivity contribution in [1.82, 2.24) is 9.55 Å². The number of hydrogen-bond acceptors (Lipinski definition) is 8. The molecule has 1 aromatic heterocycles. The Balaban J connectivity index is 0.00000242. The third-order valence-corrected chi connectivity index (χ3v) is 3.21. The van der Waals surface area contributed by atoms with Crippen LogP contribution in [0.25, 0.3) is 0 Å². The van der Waals surface area contributed by atoms with Crippen LogP contribution in [0, 0.1) is 0 Å². The van der Waals surface area contributed by atoms with Gasteiger partial charge in [0.1, 0.15) is 18.0 Å². The zero-order valence-electron chi connectivity index (χ0n) is 10.5. The number of anilines is 1. The summed E-state index contributed by atoms with van der Waals surface area (Å²) in [6, 6.07) is 1.29. The summed E-state index contributed by atoms with van der Waals surface area (Å²) in [5.74, 6) is -0.0291. The first-order valence-corrected chi connectivity index (χ1v) is 7.51. The molecule has 1 aromatic rings. The van der Waals surface area contributed by atoms with Crippen molar-refractivity contribution in [3.8, 4) is 0 Å². The molecule has 0 amide bonds. The number of aromatic nitrogens is 2. The van der Waals surface area contributed by atoms with Gasteiger partial charge in [0.05, 0.1) is 0 Å². The first-order valence-electron chi connectivity index (χ1n) is 5.71. The molecule has 23 heavy (non-hydrogen) atoms. The molecule has 0 unspecified atom stereocenters. The van der Waals surface area contributed by atoms with Gasteiger partial charge in [-0.3, -0.25) is 9.13 Å². The van der Waals surface area contributed by atoms with Crippen LogP contribution in [-0.4, -0.2) is 114 Å². The van der Waals surface area contributed by atoms with Gasteiger partial charge >= 0.3 is 72.4 Å². The van der Waals surface area contributed by atoms with Crippen LogP contribution in [0.2, 0.25) is 0 Å². The number of aliphatic hydroxyl groups excluding tert-OH is 2. The third kappa shape index (κ3) is 6.15. The second-order valence-electron chi connectivity index (χ2n) is 4.38. The average Bonchev–Trinajstić information content (AvgIpc) is 2.64.